The van der Waals surface area contributed by atoms with Crippen LogP contribution < -0.4 is 10.4 Å². The summed E-state index contributed by atoms with van der Waals surface area (Å²) in [5, 5.41) is 12.4. The van der Waals surface area contributed by atoms with Crippen molar-refractivity contribution in [3.05, 3.63) is 72.8 Å². The third kappa shape index (κ3) is 4.75. The molecule has 1 unspecified atom stereocenters. The van der Waals surface area contributed by atoms with E-state index in [1.54, 1.807) is 6.08 Å². The molecular formula is C30H40O5Si. The molecule has 0 saturated carbocycles. The van der Waals surface area contributed by atoms with E-state index in [2.05, 4.69) is 88.4 Å². The molecular weight excluding hydrogens is 468 g/mol. The van der Waals surface area contributed by atoms with Gasteiger partial charge in [-0.1, -0.05) is 81.4 Å². The van der Waals surface area contributed by atoms with Crippen LogP contribution in [0.2, 0.25) is 5.04 Å². The number of hydrogen-bond acceptors (Lipinski definition) is 5. The molecule has 194 valence electrons. The van der Waals surface area contributed by atoms with Gasteiger partial charge in [-0.3, -0.25) is 0 Å². The molecule has 0 aromatic heterocycles. The summed E-state index contributed by atoms with van der Waals surface area (Å²) in [4.78, 5) is 0. The molecule has 2 aromatic carbocycles. The van der Waals surface area contributed by atoms with E-state index in [0.29, 0.717) is 13.0 Å². The van der Waals surface area contributed by atoms with Crippen molar-refractivity contribution in [2.45, 2.75) is 94.7 Å². The number of benzene rings is 2. The SMILES string of the molecule is CC(C)(C)[Si](OCC[C@@H]1CC[C@H]2O[C@@]3(C=CC(O)O3)CC[C@]2(C)O1)(c1ccccc1)c1ccccc1. The first-order valence-electron chi connectivity index (χ1n) is 13.3. The van der Waals surface area contributed by atoms with Gasteiger partial charge in [-0.15, -0.1) is 0 Å². The monoisotopic (exact) mass is 508 g/mol. The normalized spacial score (nSPS) is 32.5. The Bertz CT molecular complexity index is 1010. The zero-order valence-corrected chi connectivity index (χ0v) is 23.0. The molecule has 5 rings (SSSR count). The fourth-order valence-corrected chi connectivity index (χ4v) is 10.9. The molecule has 0 aliphatic carbocycles. The second kappa shape index (κ2) is 9.82. The summed E-state index contributed by atoms with van der Waals surface area (Å²) in [7, 11) is -2.54. The number of rotatable bonds is 6. The predicted molar refractivity (Wildman–Crippen MR) is 144 cm³/mol. The maximum absolute atomic E-state index is 9.80. The minimum atomic E-state index is -2.54. The van der Waals surface area contributed by atoms with E-state index in [0.717, 1.165) is 25.7 Å². The Labute approximate surface area is 216 Å². The minimum absolute atomic E-state index is 0.0366. The zero-order valence-electron chi connectivity index (χ0n) is 22.0. The Balaban J connectivity index is 1.29. The van der Waals surface area contributed by atoms with Gasteiger partial charge in [0.2, 0.25) is 0 Å². The molecule has 2 fully saturated rings. The van der Waals surface area contributed by atoms with Crippen molar-refractivity contribution in [3.8, 4) is 0 Å². The van der Waals surface area contributed by atoms with Gasteiger partial charge in [0.1, 0.15) is 0 Å². The van der Waals surface area contributed by atoms with Crippen LogP contribution in [-0.2, 0) is 18.6 Å². The van der Waals surface area contributed by atoms with Gasteiger partial charge in [0.05, 0.1) is 17.8 Å². The molecule has 0 bridgehead atoms. The molecule has 2 saturated heterocycles. The van der Waals surface area contributed by atoms with Gasteiger partial charge in [0.25, 0.3) is 8.32 Å². The second-order valence-corrected chi connectivity index (χ2v) is 16.0. The van der Waals surface area contributed by atoms with E-state index in [4.69, 9.17) is 18.6 Å². The van der Waals surface area contributed by atoms with Crippen molar-refractivity contribution in [2.24, 2.45) is 0 Å². The molecule has 6 heteroatoms. The Kier molecular flexibility index (Phi) is 7.05. The van der Waals surface area contributed by atoms with Crippen LogP contribution in [-0.4, -0.2) is 49.9 Å². The van der Waals surface area contributed by atoms with Crippen molar-refractivity contribution >= 4 is 18.7 Å². The fraction of sp³-hybridized carbons (Fsp3) is 0.533. The maximum atomic E-state index is 9.80. The third-order valence-corrected chi connectivity index (χ3v) is 13.2. The summed E-state index contributed by atoms with van der Waals surface area (Å²) in [6.07, 6.45) is 6.93. The van der Waals surface area contributed by atoms with E-state index >= 15 is 0 Å². The summed E-state index contributed by atoms with van der Waals surface area (Å²) in [6.45, 7) is 9.76. The smallest absolute Gasteiger partial charge is 0.261 e. The largest absolute Gasteiger partial charge is 0.407 e. The van der Waals surface area contributed by atoms with Gasteiger partial charge in [-0.05, 0) is 60.2 Å². The van der Waals surface area contributed by atoms with Crippen molar-refractivity contribution in [3.63, 3.8) is 0 Å². The lowest BCUT2D eigenvalue weighted by Crippen LogP contribution is -2.66. The molecule has 3 aliphatic heterocycles. The molecule has 1 spiro atoms. The molecule has 5 nitrogen and oxygen atoms in total. The molecule has 3 aliphatic rings. The lowest BCUT2D eigenvalue weighted by atomic mass is 9.81. The Morgan fingerprint density at radius 3 is 2.11 bits per heavy atom. The number of hydrogen-bond donors (Lipinski definition) is 1. The Hall–Kier alpha value is -1.80. The average Bonchev–Trinajstić information content (AvgIpc) is 3.22. The number of ether oxygens (including phenoxy) is 3. The van der Waals surface area contributed by atoms with Crippen LogP contribution >= 0.6 is 0 Å². The van der Waals surface area contributed by atoms with E-state index in [1.807, 2.05) is 6.08 Å². The topological polar surface area (TPSA) is 57.2 Å². The first kappa shape index (κ1) is 25.8. The lowest BCUT2D eigenvalue weighted by Gasteiger charge is -2.52. The highest BCUT2D eigenvalue weighted by molar-refractivity contribution is 6.99. The predicted octanol–water partition coefficient (Wildman–Crippen LogP) is 4.67. The van der Waals surface area contributed by atoms with Crippen LogP contribution in [0.1, 0.15) is 59.8 Å². The maximum Gasteiger partial charge on any atom is 0.261 e. The molecule has 5 atom stereocenters. The van der Waals surface area contributed by atoms with Gasteiger partial charge in [0, 0.05) is 13.0 Å². The second-order valence-electron chi connectivity index (χ2n) is 11.7. The fourth-order valence-electron chi connectivity index (χ4n) is 6.31. The van der Waals surface area contributed by atoms with Crippen LogP contribution in [0.3, 0.4) is 0 Å². The van der Waals surface area contributed by atoms with Crippen LogP contribution in [0.25, 0.3) is 0 Å². The van der Waals surface area contributed by atoms with Gasteiger partial charge in [-0.25, -0.2) is 0 Å². The quantitative estimate of drug-likeness (QED) is 0.454. The first-order chi connectivity index (χ1) is 17.2. The summed E-state index contributed by atoms with van der Waals surface area (Å²) in [5.41, 5.74) is -0.351. The van der Waals surface area contributed by atoms with Crippen molar-refractivity contribution < 1.29 is 23.7 Å². The van der Waals surface area contributed by atoms with Gasteiger partial charge >= 0.3 is 0 Å². The zero-order chi connectivity index (χ0) is 25.4. The van der Waals surface area contributed by atoms with E-state index < -0.39 is 20.4 Å². The minimum Gasteiger partial charge on any atom is -0.407 e. The standard InChI is InChI=1S/C30H40O5Si/c1-28(2,3)36(24-11-7-5-8-12-24,25-13-9-6-10-14-25)32-22-18-23-15-16-26-29(4,33-23)20-21-30(34-26)19-17-27(31)35-30/h5-14,17,19,23,26-27,31H,15-16,18,20-22H2,1-4H3/t23-,26+,27?,29-,30+/m0/s1. The highest BCUT2D eigenvalue weighted by Gasteiger charge is 2.53. The summed E-state index contributed by atoms with van der Waals surface area (Å²) >= 11 is 0. The van der Waals surface area contributed by atoms with E-state index in [9.17, 15) is 5.11 Å². The van der Waals surface area contributed by atoms with Crippen molar-refractivity contribution in [1.82, 2.24) is 0 Å². The average molecular weight is 509 g/mol. The number of fused-ring (bicyclic) bond motifs is 1. The van der Waals surface area contributed by atoms with Gasteiger partial charge < -0.3 is 23.7 Å². The Morgan fingerprint density at radius 1 is 0.917 bits per heavy atom. The van der Waals surface area contributed by atoms with Crippen molar-refractivity contribution in [1.29, 1.82) is 0 Å². The van der Waals surface area contributed by atoms with Crippen LogP contribution in [0.5, 0.6) is 0 Å². The Morgan fingerprint density at radius 2 is 1.56 bits per heavy atom. The van der Waals surface area contributed by atoms with Crippen LogP contribution in [0.4, 0.5) is 0 Å². The summed E-state index contributed by atoms with van der Waals surface area (Å²) in [6, 6.07) is 21.6. The molecule has 0 amide bonds. The van der Waals surface area contributed by atoms with Gasteiger partial charge in [0.15, 0.2) is 12.1 Å². The lowest BCUT2D eigenvalue weighted by molar-refractivity contribution is -0.335. The highest BCUT2D eigenvalue weighted by atomic mass is 28.4. The molecule has 0 radical (unpaired) electrons. The molecule has 3 heterocycles. The highest BCUT2D eigenvalue weighted by Crippen LogP contribution is 2.46. The van der Waals surface area contributed by atoms with Gasteiger partial charge in [-0.2, -0.15) is 0 Å². The molecule has 36 heavy (non-hydrogen) atoms. The first-order valence-corrected chi connectivity index (χ1v) is 15.2. The summed E-state index contributed by atoms with van der Waals surface area (Å²) < 4.78 is 25.8. The number of aliphatic hydroxyl groups excluding tert-OH is 1. The van der Waals surface area contributed by atoms with Crippen molar-refractivity contribution in [2.75, 3.05) is 6.61 Å². The van der Waals surface area contributed by atoms with E-state index in [-0.39, 0.29) is 22.8 Å². The molecule has 2 aromatic rings. The van der Waals surface area contributed by atoms with Crippen LogP contribution in [0, 0.1) is 0 Å². The van der Waals surface area contributed by atoms with Crippen LogP contribution in [0.15, 0.2) is 72.8 Å². The molecule has 1 N–H and O–H groups in total. The number of aliphatic hydroxyl groups is 1. The summed E-state index contributed by atoms with van der Waals surface area (Å²) in [5.74, 6) is -0.799. The third-order valence-electron chi connectivity index (χ3n) is 8.19. The van der Waals surface area contributed by atoms with E-state index in [1.165, 1.54) is 10.4 Å².